The molecule has 5 rings (SSSR count). The second kappa shape index (κ2) is 12.2. The highest BCUT2D eigenvalue weighted by Gasteiger charge is 2.40. The minimum Gasteiger partial charge on any atom is -0.379 e. The SMILES string of the molecule is CC1=C(C(=O)Nc2ccccc2)[C@@H](c2ccc(Cl)cc2)N2C(CC(=O)NCCN3CCOCC3)=CSC2=N1. The van der Waals surface area contributed by atoms with Crippen LogP contribution in [-0.2, 0) is 14.3 Å². The molecule has 198 valence electrons. The van der Waals surface area contributed by atoms with E-state index in [9.17, 15) is 9.59 Å². The molecule has 2 aromatic carbocycles. The van der Waals surface area contributed by atoms with Crippen LogP contribution in [0.2, 0.25) is 5.02 Å². The number of allylic oxidation sites excluding steroid dienone is 1. The predicted molar refractivity (Wildman–Crippen MR) is 152 cm³/mol. The van der Waals surface area contributed by atoms with Crippen molar-refractivity contribution in [3.05, 3.63) is 87.6 Å². The van der Waals surface area contributed by atoms with Gasteiger partial charge in [0.25, 0.3) is 5.91 Å². The van der Waals surface area contributed by atoms with Crippen molar-refractivity contribution in [2.75, 3.05) is 44.7 Å². The van der Waals surface area contributed by atoms with Crippen LogP contribution in [0.5, 0.6) is 0 Å². The van der Waals surface area contributed by atoms with Crippen molar-refractivity contribution in [3.63, 3.8) is 0 Å². The van der Waals surface area contributed by atoms with E-state index in [2.05, 4.69) is 15.5 Å². The lowest BCUT2D eigenvalue weighted by Crippen LogP contribution is -2.42. The number of morpholine rings is 1. The molecule has 1 atom stereocenters. The standard InChI is InChI=1S/C28H30ClN5O3S/c1-19-25(27(36)32-22-5-3-2-4-6-22)26(20-7-9-21(29)10-8-20)34-23(18-38-28(34)31-19)17-24(35)30-11-12-33-13-15-37-16-14-33/h2-10,18,26H,11-17H2,1H3,(H,30,35)(H,32,36)/t26-/m1/s1. The molecule has 2 aromatic rings. The van der Waals surface area contributed by atoms with Crippen molar-refractivity contribution in [1.29, 1.82) is 0 Å². The fourth-order valence-corrected chi connectivity index (χ4v) is 5.84. The Balaban J connectivity index is 1.36. The number of carbonyl (C=O) groups is 2. The van der Waals surface area contributed by atoms with Gasteiger partial charge in [-0.15, -0.1) is 0 Å². The van der Waals surface area contributed by atoms with Gasteiger partial charge in [0.1, 0.15) is 0 Å². The van der Waals surface area contributed by atoms with Crippen LogP contribution in [0.25, 0.3) is 0 Å². The molecule has 1 fully saturated rings. The first-order chi connectivity index (χ1) is 18.5. The Morgan fingerprint density at radius 2 is 1.84 bits per heavy atom. The molecule has 0 aliphatic carbocycles. The van der Waals surface area contributed by atoms with E-state index in [1.165, 1.54) is 11.8 Å². The number of aliphatic imine (C=N–C) groups is 1. The number of amidine groups is 1. The van der Waals surface area contributed by atoms with Crippen LogP contribution in [0, 0.1) is 0 Å². The lowest BCUT2D eigenvalue weighted by molar-refractivity contribution is -0.120. The number of benzene rings is 2. The molecule has 3 aliphatic heterocycles. The first kappa shape index (κ1) is 26.5. The number of thioether (sulfide) groups is 1. The maximum Gasteiger partial charge on any atom is 0.255 e. The van der Waals surface area contributed by atoms with Crippen molar-refractivity contribution in [1.82, 2.24) is 15.1 Å². The molecular formula is C28H30ClN5O3S. The number of ether oxygens (including phenoxy) is 1. The number of amides is 2. The first-order valence-corrected chi connectivity index (χ1v) is 13.9. The second-order valence-corrected chi connectivity index (χ2v) is 10.5. The maximum atomic E-state index is 13.6. The van der Waals surface area contributed by atoms with E-state index in [1.807, 2.05) is 71.8 Å². The van der Waals surface area contributed by atoms with Gasteiger partial charge in [-0.25, -0.2) is 4.99 Å². The molecule has 0 radical (unpaired) electrons. The number of anilines is 1. The minimum absolute atomic E-state index is 0.0669. The van der Waals surface area contributed by atoms with Crippen molar-refractivity contribution >= 4 is 46.0 Å². The average Bonchev–Trinajstić information content (AvgIpc) is 3.31. The lowest BCUT2D eigenvalue weighted by Gasteiger charge is -2.36. The van der Waals surface area contributed by atoms with Crippen LogP contribution >= 0.6 is 23.4 Å². The van der Waals surface area contributed by atoms with Crippen LogP contribution < -0.4 is 10.6 Å². The van der Waals surface area contributed by atoms with E-state index in [-0.39, 0.29) is 18.2 Å². The van der Waals surface area contributed by atoms with Gasteiger partial charge in [0.05, 0.1) is 36.9 Å². The summed E-state index contributed by atoms with van der Waals surface area (Å²) in [6, 6.07) is 16.4. The molecule has 10 heteroatoms. The molecule has 0 saturated carbocycles. The number of fused-ring (bicyclic) bond motifs is 1. The number of hydrogen-bond donors (Lipinski definition) is 2. The molecule has 0 aromatic heterocycles. The monoisotopic (exact) mass is 551 g/mol. The van der Waals surface area contributed by atoms with Gasteiger partial charge in [0.15, 0.2) is 5.17 Å². The average molecular weight is 552 g/mol. The topological polar surface area (TPSA) is 86.3 Å². The summed E-state index contributed by atoms with van der Waals surface area (Å²) in [5, 5.41) is 9.36. The van der Waals surface area contributed by atoms with E-state index in [0.717, 1.165) is 49.3 Å². The fourth-order valence-electron chi connectivity index (χ4n) is 4.75. The van der Waals surface area contributed by atoms with Crippen LogP contribution in [0.3, 0.4) is 0 Å². The summed E-state index contributed by atoms with van der Waals surface area (Å²) in [7, 11) is 0. The van der Waals surface area contributed by atoms with Gasteiger partial charge >= 0.3 is 0 Å². The van der Waals surface area contributed by atoms with Gasteiger partial charge in [-0.3, -0.25) is 14.5 Å². The number of carbonyl (C=O) groups excluding carboxylic acids is 2. The van der Waals surface area contributed by atoms with E-state index >= 15 is 0 Å². The highest BCUT2D eigenvalue weighted by Crippen LogP contribution is 2.44. The molecule has 0 spiro atoms. The zero-order chi connectivity index (χ0) is 26.5. The van der Waals surface area contributed by atoms with E-state index in [0.29, 0.717) is 28.5 Å². The van der Waals surface area contributed by atoms with E-state index < -0.39 is 6.04 Å². The third-order valence-corrected chi connectivity index (χ3v) is 7.80. The van der Waals surface area contributed by atoms with E-state index in [1.54, 1.807) is 0 Å². The van der Waals surface area contributed by atoms with Gasteiger partial charge in [-0.05, 0) is 42.2 Å². The quantitative estimate of drug-likeness (QED) is 0.506. The van der Waals surface area contributed by atoms with Crippen LogP contribution in [-0.4, -0.2) is 66.2 Å². The van der Waals surface area contributed by atoms with Crippen molar-refractivity contribution in [3.8, 4) is 0 Å². The lowest BCUT2D eigenvalue weighted by atomic mass is 9.93. The summed E-state index contributed by atoms with van der Waals surface area (Å²) in [6.07, 6.45) is 0.186. The van der Waals surface area contributed by atoms with Crippen molar-refractivity contribution in [2.45, 2.75) is 19.4 Å². The molecule has 8 nitrogen and oxygen atoms in total. The Morgan fingerprint density at radius 1 is 1.11 bits per heavy atom. The number of para-hydroxylation sites is 1. The van der Waals surface area contributed by atoms with Gasteiger partial charge in [0, 0.05) is 42.6 Å². The number of nitrogens with one attached hydrogen (secondary N) is 2. The largest absolute Gasteiger partial charge is 0.379 e. The summed E-state index contributed by atoms with van der Waals surface area (Å²) in [4.78, 5) is 35.6. The number of hydrogen-bond acceptors (Lipinski definition) is 7. The third kappa shape index (κ3) is 6.13. The predicted octanol–water partition coefficient (Wildman–Crippen LogP) is 4.39. The summed E-state index contributed by atoms with van der Waals surface area (Å²) in [6.45, 7) is 6.44. The Labute approximate surface area is 231 Å². The molecule has 0 bridgehead atoms. The Bertz CT molecular complexity index is 1270. The summed E-state index contributed by atoms with van der Waals surface area (Å²) in [5.74, 6) is -0.301. The fraction of sp³-hybridized carbons (Fsp3) is 0.321. The van der Waals surface area contributed by atoms with Crippen LogP contribution in [0.1, 0.15) is 24.9 Å². The normalized spacial score (nSPS) is 19.5. The molecule has 38 heavy (non-hydrogen) atoms. The summed E-state index contributed by atoms with van der Waals surface area (Å²) < 4.78 is 5.39. The molecule has 3 aliphatic rings. The zero-order valence-corrected chi connectivity index (χ0v) is 22.7. The Morgan fingerprint density at radius 3 is 2.58 bits per heavy atom. The highest BCUT2D eigenvalue weighted by molar-refractivity contribution is 8.16. The van der Waals surface area contributed by atoms with Crippen LogP contribution in [0.15, 0.2) is 82.0 Å². The number of nitrogens with zero attached hydrogens (tertiary/aromatic N) is 3. The third-order valence-electron chi connectivity index (χ3n) is 6.66. The molecule has 1 saturated heterocycles. The van der Waals surface area contributed by atoms with Gasteiger partial charge in [-0.2, -0.15) is 0 Å². The Kier molecular flexibility index (Phi) is 8.48. The molecule has 2 amide bonds. The maximum absolute atomic E-state index is 13.6. The second-order valence-electron chi connectivity index (χ2n) is 9.25. The van der Waals surface area contributed by atoms with Gasteiger partial charge in [0.2, 0.25) is 5.91 Å². The molecule has 2 N–H and O–H groups in total. The van der Waals surface area contributed by atoms with Crippen molar-refractivity contribution in [2.24, 2.45) is 4.99 Å². The summed E-state index contributed by atoms with van der Waals surface area (Å²) >= 11 is 7.66. The first-order valence-electron chi connectivity index (χ1n) is 12.6. The zero-order valence-electron chi connectivity index (χ0n) is 21.2. The minimum atomic E-state index is -0.453. The molecule has 3 heterocycles. The number of rotatable bonds is 8. The molecular weight excluding hydrogens is 522 g/mol. The van der Waals surface area contributed by atoms with Gasteiger partial charge < -0.3 is 20.3 Å². The molecule has 0 unspecified atom stereocenters. The highest BCUT2D eigenvalue weighted by atomic mass is 35.5. The summed E-state index contributed by atoms with van der Waals surface area (Å²) in [5.41, 5.74) is 3.56. The van der Waals surface area contributed by atoms with Crippen molar-refractivity contribution < 1.29 is 14.3 Å². The smallest absolute Gasteiger partial charge is 0.255 e. The Hall–Kier alpha value is -3.11. The van der Waals surface area contributed by atoms with E-state index in [4.69, 9.17) is 21.3 Å². The van der Waals surface area contributed by atoms with Crippen LogP contribution in [0.4, 0.5) is 5.69 Å². The number of halogens is 1. The van der Waals surface area contributed by atoms with Gasteiger partial charge in [-0.1, -0.05) is 53.7 Å².